The molecule has 180 valence electrons. The number of anilines is 1. The van der Waals surface area contributed by atoms with Crippen LogP contribution in [0.1, 0.15) is 63.9 Å². The summed E-state index contributed by atoms with van der Waals surface area (Å²) >= 11 is 0. The quantitative estimate of drug-likeness (QED) is 0.240. The highest BCUT2D eigenvalue weighted by Gasteiger charge is 2.22. The normalized spacial score (nSPS) is 21.0. The van der Waals surface area contributed by atoms with Crippen molar-refractivity contribution < 1.29 is 18.8 Å². The van der Waals surface area contributed by atoms with Gasteiger partial charge in [0.15, 0.2) is 17.9 Å². The molecule has 2 N–H and O–H groups in total. The van der Waals surface area contributed by atoms with Gasteiger partial charge in [0.05, 0.1) is 6.54 Å². The van der Waals surface area contributed by atoms with E-state index in [1.165, 1.54) is 37.3 Å². The molecule has 0 aromatic carbocycles. The number of nitrogens with zero attached hydrogens (tertiary/aromatic N) is 2. The third-order valence-corrected chi connectivity index (χ3v) is 5.66. The number of carbonyl (C=O) groups excluding carboxylic acids is 1. The fraction of sp³-hybridized carbons (Fsp3) is 0.600. The lowest BCUT2D eigenvalue weighted by Gasteiger charge is -2.21. The second-order valence-electron chi connectivity index (χ2n) is 8.49. The Kier molecular flexibility index (Phi) is 10.6. The molecular weight excluding hydrogens is 423 g/mol. The van der Waals surface area contributed by atoms with E-state index in [2.05, 4.69) is 39.4 Å². The van der Waals surface area contributed by atoms with Crippen molar-refractivity contribution in [3.63, 3.8) is 0 Å². The highest BCUT2D eigenvalue weighted by molar-refractivity contribution is 5.90. The number of hydrogen-bond donors (Lipinski definition) is 2. The number of carbonyl (C=O) groups is 1. The van der Waals surface area contributed by atoms with Crippen LogP contribution < -0.4 is 10.8 Å². The predicted molar refractivity (Wildman–Crippen MR) is 126 cm³/mol. The zero-order chi connectivity index (χ0) is 23.3. The molecular formula is C25H35FN4O3. The van der Waals surface area contributed by atoms with Gasteiger partial charge in [0.1, 0.15) is 0 Å². The molecule has 2 fully saturated rings. The summed E-state index contributed by atoms with van der Waals surface area (Å²) in [5.74, 6) is 5.82. The first-order valence-electron chi connectivity index (χ1n) is 12.0. The molecule has 0 spiro atoms. The van der Waals surface area contributed by atoms with Crippen LogP contribution in [-0.4, -0.2) is 54.4 Å². The molecule has 1 aromatic heterocycles. The molecule has 0 bridgehead atoms. The van der Waals surface area contributed by atoms with E-state index >= 15 is 0 Å². The molecule has 1 unspecified atom stereocenters. The van der Waals surface area contributed by atoms with Crippen molar-refractivity contribution in [2.45, 2.75) is 70.6 Å². The van der Waals surface area contributed by atoms with Gasteiger partial charge in [-0.3, -0.25) is 9.69 Å². The van der Waals surface area contributed by atoms with Crippen LogP contribution in [0.15, 0.2) is 18.3 Å². The van der Waals surface area contributed by atoms with E-state index in [0.29, 0.717) is 12.2 Å². The van der Waals surface area contributed by atoms with Crippen molar-refractivity contribution in [3.05, 3.63) is 29.7 Å². The summed E-state index contributed by atoms with van der Waals surface area (Å²) in [5.41, 5.74) is 2.83. The van der Waals surface area contributed by atoms with E-state index in [1.54, 1.807) is 0 Å². The number of halogens is 1. The average Bonchev–Trinajstić information content (AvgIpc) is 3.28. The van der Waals surface area contributed by atoms with Crippen LogP contribution in [0.3, 0.4) is 0 Å². The van der Waals surface area contributed by atoms with E-state index in [-0.39, 0.29) is 11.9 Å². The average molecular weight is 459 g/mol. The molecule has 33 heavy (non-hydrogen) atoms. The number of amides is 1. The van der Waals surface area contributed by atoms with Crippen molar-refractivity contribution in [2.75, 3.05) is 31.6 Å². The molecule has 2 aliphatic rings. The van der Waals surface area contributed by atoms with Crippen molar-refractivity contribution >= 4 is 17.8 Å². The van der Waals surface area contributed by atoms with Gasteiger partial charge in [0.25, 0.3) is 5.91 Å². The Labute approximate surface area is 196 Å². The number of pyridine rings is 1. The number of unbranched alkanes of at least 4 members (excludes halogenated alkanes) is 3. The summed E-state index contributed by atoms with van der Waals surface area (Å²) in [5, 5.41) is 3.19. The van der Waals surface area contributed by atoms with Crippen LogP contribution in [0.2, 0.25) is 0 Å². The summed E-state index contributed by atoms with van der Waals surface area (Å²) in [4.78, 5) is 23.6. The Morgan fingerprint density at radius 1 is 1.36 bits per heavy atom. The van der Waals surface area contributed by atoms with E-state index in [1.807, 2.05) is 0 Å². The number of aromatic nitrogens is 1. The maximum absolute atomic E-state index is 14.5. The van der Waals surface area contributed by atoms with Crippen LogP contribution in [0.4, 0.5) is 10.2 Å². The van der Waals surface area contributed by atoms with Gasteiger partial charge in [0, 0.05) is 50.9 Å². The van der Waals surface area contributed by atoms with Gasteiger partial charge in [-0.15, -0.1) is 5.92 Å². The lowest BCUT2D eigenvalue weighted by molar-refractivity contribution is -0.198. The Morgan fingerprint density at radius 3 is 3.06 bits per heavy atom. The van der Waals surface area contributed by atoms with Gasteiger partial charge in [-0.2, -0.15) is 0 Å². The van der Waals surface area contributed by atoms with Gasteiger partial charge in [-0.1, -0.05) is 25.7 Å². The molecule has 1 aromatic rings. The third kappa shape index (κ3) is 9.12. The fourth-order valence-electron chi connectivity index (χ4n) is 3.79. The Balaban J connectivity index is 1.40. The Hall–Kier alpha value is -2.47. The number of nitrogens with one attached hydrogen (secondary N) is 2. The molecule has 8 heteroatoms. The van der Waals surface area contributed by atoms with E-state index < -0.39 is 18.0 Å². The van der Waals surface area contributed by atoms with Crippen molar-refractivity contribution in [3.8, 4) is 11.8 Å². The lowest BCUT2D eigenvalue weighted by Crippen LogP contribution is -2.32. The summed E-state index contributed by atoms with van der Waals surface area (Å²) in [7, 11) is 0. The van der Waals surface area contributed by atoms with Crippen molar-refractivity contribution in [1.82, 2.24) is 15.4 Å². The number of ether oxygens (including phenoxy) is 1. The van der Waals surface area contributed by atoms with Gasteiger partial charge < -0.3 is 10.1 Å². The molecule has 0 radical (unpaired) electrons. The fourth-order valence-corrected chi connectivity index (χ4v) is 3.79. The third-order valence-electron chi connectivity index (χ3n) is 5.66. The largest absolute Gasteiger partial charge is 0.364 e. The van der Waals surface area contributed by atoms with E-state index in [9.17, 15) is 9.18 Å². The van der Waals surface area contributed by atoms with Crippen molar-refractivity contribution in [1.29, 1.82) is 0 Å². The summed E-state index contributed by atoms with van der Waals surface area (Å²) in [6.45, 7) is 5.33. The van der Waals surface area contributed by atoms with Crippen LogP contribution >= 0.6 is 0 Å². The molecule has 7 nitrogen and oxygen atoms in total. The maximum Gasteiger partial charge on any atom is 0.267 e. The number of hydroxylamine groups is 1. The first kappa shape index (κ1) is 25.2. The Morgan fingerprint density at radius 2 is 2.27 bits per heavy atom. The van der Waals surface area contributed by atoms with Crippen LogP contribution in [-0.2, 0) is 14.4 Å². The molecule has 0 aliphatic carbocycles. The molecule has 1 amide bonds. The smallest absolute Gasteiger partial charge is 0.267 e. The minimum absolute atomic E-state index is 0.139. The zero-order valence-corrected chi connectivity index (χ0v) is 19.4. The first-order chi connectivity index (χ1) is 16.1. The SMILES string of the molecule is CCCCCC#CCN1CC[C@@H](Nc2ncc(/C=C/C(=O)NOC3CCCCO3)cc2F)C1. The molecule has 2 saturated heterocycles. The predicted octanol–water partition coefficient (Wildman–Crippen LogP) is 3.88. The molecule has 0 saturated carbocycles. The highest BCUT2D eigenvalue weighted by Crippen LogP contribution is 2.18. The lowest BCUT2D eigenvalue weighted by atomic mass is 10.2. The van der Waals surface area contributed by atoms with Crippen LogP contribution in [0.25, 0.3) is 6.08 Å². The minimum Gasteiger partial charge on any atom is -0.364 e. The number of hydrogen-bond acceptors (Lipinski definition) is 6. The van der Waals surface area contributed by atoms with Crippen LogP contribution in [0, 0.1) is 17.7 Å². The summed E-state index contributed by atoms with van der Waals surface area (Å²) < 4.78 is 19.9. The monoisotopic (exact) mass is 458 g/mol. The second-order valence-corrected chi connectivity index (χ2v) is 8.49. The van der Waals surface area contributed by atoms with E-state index in [4.69, 9.17) is 9.57 Å². The molecule has 3 rings (SSSR count). The first-order valence-corrected chi connectivity index (χ1v) is 12.0. The van der Waals surface area contributed by atoms with Gasteiger partial charge >= 0.3 is 0 Å². The van der Waals surface area contributed by atoms with Crippen LogP contribution in [0.5, 0.6) is 0 Å². The molecule has 2 atom stereocenters. The van der Waals surface area contributed by atoms with Gasteiger partial charge in [-0.05, 0) is 43.4 Å². The second kappa shape index (κ2) is 13.9. The number of rotatable bonds is 10. The summed E-state index contributed by atoms with van der Waals surface area (Å²) in [6, 6.07) is 1.50. The standard InChI is InChI=1S/C25H35FN4O3/c1-2-3-4-5-6-8-14-30-15-13-21(19-30)28-25-22(26)17-20(18-27-25)11-12-23(31)29-33-24-10-7-9-16-32-24/h11-12,17-18,21,24H,2-5,7,9-10,13-16,19H2,1H3,(H,27,28)(H,29,31)/b12-11+/t21-,24?/m1/s1. The minimum atomic E-state index is -0.446. The summed E-state index contributed by atoms with van der Waals surface area (Å²) in [6.07, 6.45) is 12.2. The molecule has 2 aliphatic heterocycles. The van der Waals surface area contributed by atoms with Gasteiger partial charge in [-0.25, -0.2) is 19.7 Å². The number of likely N-dealkylation sites (tertiary alicyclic amines) is 1. The molecule has 3 heterocycles. The zero-order valence-electron chi connectivity index (χ0n) is 19.4. The highest BCUT2D eigenvalue weighted by atomic mass is 19.1. The topological polar surface area (TPSA) is 75.7 Å². The Bertz CT molecular complexity index is 846. The van der Waals surface area contributed by atoms with Gasteiger partial charge in [0.2, 0.25) is 0 Å². The van der Waals surface area contributed by atoms with E-state index in [0.717, 1.165) is 58.2 Å². The maximum atomic E-state index is 14.5. The van der Waals surface area contributed by atoms with Crippen molar-refractivity contribution in [2.24, 2.45) is 0 Å².